The van der Waals surface area contributed by atoms with E-state index in [0.29, 0.717) is 17.9 Å². The lowest BCUT2D eigenvalue weighted by molar-refractivity contribution is -0.137. The molecule has 3 aromatic rings. The zero-order chi connectivity index (χ0) is 16.6. The molecule has 0 saturated carbocycles. The average Bonchev–Trinajstić information content (AvgIpc) is 2.93. The van der Waals surface area contributed by atoms with Gasteiger partial charge in [0, 0.05) is 18.2 Å². The Labute approximate surface area is 131 Å². The molecule has 1 unspecified atom stereocenters. The first-order valence-electron chi connectivity index (χ1n) is 7.26. The van der Waals surface area contributed by atoms with Crippen molar-refractivity contribution in [1.29, 1.82) is 0 Å². The Balaban J connectivity index is 2.15. The van der Waals surface area contributed by atoms with Gasteiger partial charge in [-0.05, 0) is 31.2 Å². The Morgan fingerprint density at radius 2 is 1.74 bits per heavy atom. The normalized spacial score (nSPS) is 13.4. The second-order valence-electron chi connectivity index (χ2n) is 5.45. The third-order valence-electron chi connectivity index (χ3n) is 3.85. The van der Waals surface area contributed by atoms with Crippen LogP contribution in [-0.2, 0) is 6.18 Å². The maximum atomic E-state index is 12.7. The second kappa shape index (κ2) is 5.70. The van der Waals surface area contributed by atoms with Crippen LogP contribution >= 0.6 is 0 Å². The van der Waals surface area contributed by atoms with E-state index in [4.69, 9.17) is 5.73 Å². The van der Waals surface area contributed by atoms with Gasteiger partial charge in [-0.1, -0.05) is 24.3 Å². The molecule has 0 aliphatic carbocycles. The van der Waals surface area contributed by atoms with Gasteiger partial charge in [0.2, 0.25) is 0 Å². The summed E-state index contributed by atoms with van der Waals surface area (Å²) in [7, 11) is 0. The minimum atomic E-state index is -4.34. The molecule has 0 bridgehead atoms. The Bertz CT molecular complexity index is 819. The number of nitrogens with zero attached hydrogens (tertiary/aromatic N) is 2. The van der Waals surface area contributed by atoms with Crippen LogP contribution in [0.3, 0.4) is 0 Å². The number of hydrogen-bond acceptors (Lipinski definition) is 2. The van der Waals surface area contributed by atoms with Crippen molar-refractivity contribution < 1.29 is 13.2 Å². The first-order chi connectivity index (χ1) is 10.9. The summed E-state index contributed by atoms with van der Waals surface area (Å²) in [4.78, 5) is 4.57. The van der Waals surface area contributed by atoms with Gasteiger partial charge in [0.25, 0.3) is 0 Å². The van der Waals surface area contributed by atoms with Crippen molar-refractivity contribution in [3.05, 3.63) is 54.1 Å². The lowest BCUT2D eigenvalue weighted by Gasteiger charge is -2.16. The van der Waals surface area contributed by atoms with Crippen LogP contribution in [0.4, 0.5) is 13.2 Å². The van der Waals surface area contributed by atoms with E-state index in [1.165, 1.54) is 12.1 Å². The summed E-state index contributed by atoms with van der Waals surface area (Å²) in [6.45, 7) is 2.37. The highest BCUT2D eigenvalue weighted by molar-refractivity contribution is 5.80. The summed E-state index contributed by atoms with van der Waals surface area (Å²) < 4.78 is 40.1. The highest BCUT2D eigenvalue weighted by atomic mass is 19.4. The standard InChI is InChI=1S/C17H16F3N3/c1-11(10-21)23-15-5-3-2-4-14(15)22-16(23)12-6-8-13(9-7-12)17(18,19)20/h2-9,11H,10,21H2,1H3. The Morgan fingerprint density at radius 3 is 2.35 bits per heavy atom. The molecule has 2 aromatic carbocycles. The van der Waals surface area contributed by atoms with Crippen molar-refractivity contribution in [2.24, 2.45) is 5.73 Å². The van der Waals surface area contributed by atoms with E-state index in [-0.39, 0.29) is 6.04 Å². The van der Waals surface area contributed by atoms with Crippen LogP contribution in [0.25, 0.3) is 22.4 Å². The summed E-state index contributed by atoms with van der Waals surface area (Å²) in [6, 6.07) is 12.6. The summed E-state index contributed by atoms with van der Waals surface area (Å²) in [6.07, 6.45) is -4.34. The second-order valence-corrected chi connectivity index (χ2v) is 5.45. The molecule has 1 atom stereocenters. The SMILES string of the molecule is CC(CN)n1c(-c2ccc(C(F)(F)F)cc2)nc2ccccc21. The number of rotatable bonds is 3. The Kier molecular flexibility index (Phi) is 3.85. The molecule has 0 aliphatic heterocycles. The smallest absolute Gasteiger partial charge is 0.328 e. The van der Waals surface area contributed by atoms with Gasteiger partial charge in [-0.25, -0.2) is 4.98 Å². The van der Waals surface area contributed by atoms with Gasteiger partial charge in [-0.3, -0.25) is 0 Å². The van der Waals surface area contributed by atoms with Crippen molar-refractivity contribution in [3.8, 4) is 11.4 Å². The predicted molar refractivity (Wildman–Crippen MR) is 83.9 cm³/mol. The number of alkyl halides is 3. The summed E-state index contributed by atoms with van der Waals surface area (Å²) in [5.41, 5.74) is 7.46. The van der Waals surface area contributed by atoms with E-state index in [1.807, 2.05) is 35.8 Å². The molecule has 6 heteroatoms. The molecule has 0 spiro atoms. The van der Waals surface area contributed by atoms with Crippen LogP contribution in [0.15, 0.2) is 48.5 Å². The zero-order valence-corrected chi connectivity index (χ0v) is 12.5. The summed E-state index contributed by atoms with van der Waals surface area (Å²) >= 11 is 0. The summed E-state index contributed by atoms with van der Waals surface area (Å²) in [5, 5.41) is 0. The molecule has 0 amide bonds. The minimum Gasteiger partial charge on any atom is -0.328 e. The quantitative estimate of drug-likeness (QED) is 0.784. The molecule has 23 heavy (non-hydrogen) atoms. The number of fused-ring (bicyclic) bond motifs is 1. The zero-order valence-electron chi connectivity index (χ0n) is 12.5. The molecule has 2 N–H and O–H groups in total. The van der Waals surface area contributed by atoms with Crippen LogP contribution in [0.2, 0.25) is 0 Å². The fraction of sp³-hybridized carbons (Fsp3) is 0.235. The highest BCUT2D eigenvalue weighted by Crippen LogP contribution is 2.32. The largest absolute Gasteiger partial charge is 0.416 e. The lowest BCUT2D eigenvalue weighted by Crippen LogP contribution is -2.17. The van der Waals surface area contributed by atoms with Gasteiger partial charge < -0.3 is 10.3 Å². The van der Waals surface area contributed by atoms with Crippen molar-refractivity contribution in [1.82, 2.24) is 9.55 Å². The van der Waals surface area contributed by atoms with Crippen LogP contribution < -0.4 is 5.73 Å². The van der Waals surface area contributed by atoms with E-state index < -0.39 is 11.7 Å². The maximum Gasteiger partial charge on any atom is 0.416 e. The number of para-hydroxylation sites is 2. The first kappa shape index (κ1) is 15.6. The van der Waals surface area contributed by atoms with Gasteiger partial charge in [0.1, 0.15) is 5.82 Å². The molecule has 0 aliphatic rings. The van der Waals surface area contributed by atoms with E-state index in [0.717, 1.165) is 23.2 Å². The lowest BCUT2D eigenvalue weighted by atomic mass is 10.1. The number of aromatic nitrogens is 2. The number of benzene rings is 2. The summed E-state index contributed by atoms with van der Waals surface area (Å²) in [5.74, 6) is 0.623. The Morgan fingerprint density at radius 1 is 1.09 bits per heavy atom. The Hall–Kier alpha value is -2.34. The van der Waals surface area contributed by atoms with Crippen molar-refractivity contribution >= 4 is 11.0 Å². The third kappa shape index (κ3) is 2.82. The molecule has 0 radical (unpaired) electrons. The molecule has 0 fully saturated rings. The fourth-order valence-electron chi connectivity index (χ4n) is 2.61. The van der Waals surface area contributed by atoms with Gasteiger partial charge in [-0.2, -0.15) is 13.2 Å². The maximum absolute atomic E-state index is 12.7. The molecular formula is C17H16F3N3. The van der Waals surface area contributed by atoms with E-state index >= 15 is 0 Å². The van der Waals surface area contributed by atoms with Crippen LogP contribution in [-0.4, -0.2) is 16.1 Å². The number of hydrogen-bond donors (Lipinski definition) is 1. The molecule has 120 valence electrons. The van der Waals surface area contributed by atoms with Crippen molar-refractivity contribution in [2.45, 2.75) is 19.1 Å². The molecule has 1 heterocycles. The van der Waals surface area contributed by atoms with Crippen molar-refractivity contribution in [3.63, 3.8) is 0 Å². The third-order valence-corrected chi connectivity index (χ3v) is 3.85. The first-order valence-corrected chi connectivity index (χ1v) is 7.26. The van der Waals surface area contributed by atoms with E-state index in [9.17, 15) is 13.2 Å². The molecule has 3 rings (SSSR count). The number of imidazole rings is 1. The van der Waals surface area contributed by atoms with Gasteiger partial charge in [0.15, 0.2) is 0 Å². The van der Waals surface area contributed by atoms with Gasteiger partial charge in [0.05, 0.1) is 16.6 Å². The van der Waals surface area contributed by atoms with Crippen LogP contribution in [0.5, 0.6) is 0 Å². The van der Waals surface area contributed by atoms with E-state index in [1.54, 1.807) is 0 Å². The molecule has 0 saturated heterocycles. The number of halogens is 3. The predicted octanol–water partition coefficient (Wildman–Crippen LogP) is 4.24. The van der Waals surface area contributed by atoms with Gasteiger partial charge in [-0.15, -0.1) is 0 Å². The number of nitrogens with two attached hydrogens (primary N) is 1. The molecule has 1 aromatic heterocycles. The minimum absolute atomic E-state index is 0.0142. The topological polar surface area (TPSA) is 43.8 Å². The van der Waals surface area contributed by atoms with E-state index in [2.05, 4.69) is 4.98 Å². The molecule has 3 nitrogen and oxygen atoms in total. The average molecular weight is 319 g/mol. The monoisotopic (exact) mass is 319 g/mol. The van der Waals surface area contributed by atoms with Gasteiger partial charge >= 0.3 is 6.18 Å². The highest BCUT2D eigenvalue weighted by Gasteiger charge is 2.30. The van der Waals surface area contributed by atoms with Crippen LogP contribution in [0, 0.1) is 0 Å². The van der Waals surface area contributed by atoms with Crippen molar-refractivity contribution in [2.75, 3.05) is 6.54 Å². The molecular weight excluding hydrogens is 303 g/mol. The fourth-order valence-corrected chi connectivity index (χ4v) is 2.61. The van der Waals surface area contributed by atoms with Crippen LogP contribution in [0.1, 0.15) is 18.5 Å².